The molecule has 1 aromatic carbocycles. The fourth-order valence-corrected chi connectivity index (χ4v) is 5.10. The van der Waals surface area contributed by atoms with E-state index in [-0.39, 0.29) is 6.03 Å². The quantitative estimate of drug-likeness (QED) is 0.554. The molecule has 8 nitrogen and oxygen atoms in total. The van der Waals surface area contributed by atoms with Gasteiger partial charge in [0.15, 0.2) is 0 Å². The zero-order chi connectivity index (χ0) is 22.6. The first-order valence-corrected chi connectivity index (χ1v) is 12.0. The highest BCUT2D eigenvalue weighted by molar-refractivity contribution is 5.89. The Labute approximate surface area is 194 Å². The van der Waals surface area contributed by atoms with Gasteiger partial charge in [-0.2, -0.15) is 0 Å². The lowest BCUT2D eigenvalue weighted by Crippen LogP contribution is -2.38. The zero-order valence-electron chi connectivity index (χ0n) is 19.3. The second-order valence-corrected chi connectivity index (χ2v) is 9.43. The molecule has 2 aromatic heterocycles. The van der Waals surface area contributed by atoms with Crippen molar-refractivity contribution in [3.8, 4) is 0 Å². The minimum absolute atomic E-state index is 0.118. The fraction of sp³-hybridized carbons (Fsp3) is 0.480. The van der Waals surface area contributed by atoms with E-state index in [9.17, 15) is 4.79 Å². The van der Waals surface area contributed by atoms with Crippen molar-refractivity contribution in [1.29, 1.82) is 0 Å². The maximum absolute atomic E-state index is 12.5. The first kappa shape index (κ1) is 21.7. The van der Waals surface area contributed by atoms with Crippen LogP contribution >= 0.6 is 0 Å². The van der Waals surface area contributed by atoms with Crippen molar-refractivity contribution in [2.45, 2.75) is 31.6 Å². The number of hydrogen-bond acceptors (Lipinski definition) is 5. The Balaban J connectivity index is 1.20. The van der Waals surface area contributed by atoms with E-state index < -0.39 is 0 Å². The summed E-state index contributed by atoms with van der Waals surface area (Å²) >= 11 is 0. The number of carbonyl (C=O) groups is 1. The number of nitrogens with zero attached hydrogens (tertiary/aromatic N) is 4. The summed E-state index contributed by atoms with van der Waals surface area (Å²) in [5, 5.41) is 7.16. The van der Waals surface area contributed by atoms with E-state index in [0.29, 0.717) is 11.8 Å². The highest BCUT2D eigenvalue weighted by atomic mass is 16.2. The molecule has 5 rings (SSSR count). The summed E-state index contributed by atoms with van der Waals surface area (Å²) in [5.41, 5.74) is 2.98. The number of hydrogen-bond donors (Lipinski definition) is 3. The van der Waals surface area contributed by atoms with E-state index in [0.717, 1.165) is 80.9 Å². The van der Waals surface area contributed by atoms with Crippen LogP contribution in [0.3, 0.4) is 0 Å². The van der Waals surface area contributed by atoms with Crippen LogP contribution in [0.25, 0.3) is 11.0 Å². The largest absolute Gasteiger partial charge is 0.355 e. The number of benzene rings is 1. The molecule has 33 heavy (non-hydrogen) atoms. The van der Waals surface area contributed by atoms with Gasteiger partial charge in [0.25, 0.3) is 0 Å². The van der Waals surface area contributed by atoms with Crippen LogP contribution in [0, 0.1) is 5.92 Å². The highest BCUT2D eigenvalue weighted by Gasteiger charge is 2.24. The summed E-state index contributed by atoms with van der Waals surface area (Å²) in [4.78, 5) is 29.3. The van der Waals surface area contributed by atoms with Gasteiger partial charge < -0.3 is 25.4 Å². The van der Waals surface area contributed by atoms with Crippen LogP contribution in [0.15, 0.2) is 42.9 Å². The Morgan fingerprint density at radius 1 is 1.15 bits per heavy atom. The van der Waals surface area contributed by atoms with Gasteiger partial charge in [-0.3, -0.25) is 0 Å². The second-order valence-electron chi connectivity index (χ2n) is 9.43. The SMILES string of the molecule is CN1CCC(CNC(=O)Nc2cccc(C3CCCN(c4ncnc5[nH]ccc45)C3)c2)CC1. The Morgan fingerprint density at radius 3 is 2.91 bits per heavy atom. The minimum Gasteiger partial charge on any atom is -0.355 e. The van der Waals surface area contributed by atoms with Crippen molar-refractivity contribution in [3.05, 3.63) is 48.4 Å². The van der Waals surface area contributed by atoms with Gasteiger partial charge >= 0.3 is 6.03 Å². The van der Waals surface area contributed by atoms with E-state index in [4.69, 9.17) is 0 Å². The standard InChI is InChI=1S/C25H33N7O/c1-31-12-8-18(9-13-31)15-27-25(33)30-21-6-2-4-19(14-21)20-5-3-11-32(16-20)24-22-7-10-26-23(22)28-17-29-24/h2,4,6-7,10,14,17-18,20H,3,5,8-9,11-13,15-16H2,1H3,(H,26,28,29)(H2,27,30,33). The summed E-state index contributed by atoms with van der Waals surface area (Å²) in [6, 6.07) is 10.2. The molecule has 3 aromatic rings. The summed E-state index contributed by atoms with van der Waals surface area (Å²) in [6.45, 7) is 4.86. The number of fused-ring (bicyclic) bond motifs is 1. The maximum atomic E-state index is 12.5. The number of anilines is 2. The Hall–Kier alpha value is -3.13. The van der Waals surface area contributed by atoms with Gasteiger partial charge in [-0.1, -0.05) is 12.1 Å². The molecule has 2 fully saturated rings. The molecule has 0 saturated carbocycles. The van der Waals surface area contributed by atoms with Crippen molar-refractivity contribution in [2.24, 2.45) is 5.92 Å². The number of likely N-dealkylation sites (tertiary alicyclic amines) is 1. The van der Waals surface area contributed by atoms with Crippen LogP contribution in [0.4, 0.5) is 16.3 Å². The Bertz CT molecular complexity index is 1090. The Kier molecular flexibility index (Phi) is 6.44. The first-order chi connectivity index (χ1) is 16.2. The van der Waals surface area contributed by atoms with Crippen LogP contribution in [0.1, 0.15) is 37.2 Å². The smallest absolute Gasteiger partial charge is 0.319 e. The molecule has 0 aliphatic carbocycles. The van der Waals surface area contributed by atoms with Gasteiger partial charge in [-0.05, 0) is 75.5 Å². The average Bonchev–Trinajstić information content (AvgIpc) is 3.33. The maximum Gasteiger partial charge on any atom is 0.319 e. The topological polar surface area (TPSA) is 89.2 Å². The monoisotopic (exact) mass is 447 g/mol. The molecule has 0 spiro atoms. The normalized spacial score (nSPS) is 20.2. The van der Waals surface area contributed by atoms with Crippen molar-refractivity contribution in [2.75, 3.05) is 50.0 Å². The Morgan fingerprint density at radius 2 is 2.03 bits per heavy atom. The third-order valence-electron chi connectivity index (χ3n) is 7.06. The van der Waals surface area contributed by atoms with Crippen LogP contribution in [0.5, 0.6) is 0 Å². The number of aromatic nitrogens is 3. The van der Waals surface area contributed by atoms with Crippen molar-refractivity contribution < 1.29 is 4.79 Å². The van der Waals surface area contributed by atoms with E-state index in [1.54, 1.807) is 6.33 Å². The summed E-state index contributed by atoms with van der Waals surface area (Å²) in [6.07, 6.45) is 8.07. The van der Waals surface area contributed by atoms with E-state index >= 15 is 0 Å². The van der Waals surface area contributed by atoms with E-state index in [2.05, 4.69) is 54.6 Å². The third kappa shape index (κ3) is 5.11. The molecular weight excluding hydrogens is 414 g/mol. The van der Waals surface area contributed by atoms with Crippen molar-refractivity contribution >= 4 is 28.6 Å². The number of amides is 2. The minimum atomic E-state index is -0.118. The number of rotatable bonds is 5. The lowest BCUT2D eigenvalue weighted by Gasteiger charge is -2.34. The predicted octanol–water partition coefficient (Wildman–Crippen LogP) is 3.81. The van der Waals surface area contributed by atoms with E-state index in [1.165, 1.54) is 5.56 Å². The number of H-pyrrole nitrogens is 1. The number of piperidine rings is 2. The van der Waals surface area contributed by atoms with Gasteiger partial charge in [0, 0.05) is 37.4 Å². The van der Waals surface area contributed by atoms with E-state index in [1.807, 2.05) is 24.4 Å². The molecule has 1 atom stereocenters. The molecule has 0 radical (unpaired) electrons. The molecule has 1 unspecified atom stereocenters. The molecule has 174 valence electrons. The van der Waals surface area contributed by atoms with Gasteiger partial charge in [0.05, 0.1) is 5.39 Å². The lowest BCUT2D eigenvalue weighted by molar-refractivity contribution is 0.213. The summed E-state index contributed by atoms with van der Waals surface area (Å²) < 4.78 is 0. The molecule has 2 amide bonds. The van der Waals surface area contributed by atoms with Crippen LogP contribution in [0.2, 0.25) is 0 Å². The molecule has 4 heterocycles. The summed E-state index contributed by atoms with van der Waals surface area (Å²) in [5.74, 6) is 1.96. The molecular formula is C25H33N7O. The highest BCUT2D eigenvalue weighted by Crippen LogP contribution is 2.32. The average molecular weight is 448 g/mol. The molecule has 2 aliphatic rings. The van der Waals surface area contributed by atoms with Crippen LogP contribution in [-0.4, -0.2) is 65.7 Å². The molecule has 0 bridgehead atoms. The van der Waals surface area contributed by atoms with Crippen LogP contribution in [-0.2, 0) is 0 Å². The number of carbonyl (C=O) groups excluding carboxylic acids is 1. The summed E-state index contributed by atoms with van der Waals surface area (Å²) in [7, 11) is 2.16. The molecule has 8 heteroatoms. The molecule has 3 N–H and O–H groups in total. The van der Waals surface area contributed by atoms with Gasteiger partial charge in [-0.25, -0.2) is 14.8 Å². The third-order valence-corrected chi connectivity index (χ3v) is 7.06. The molecule has 2 saturated heterocycles. The predicted molar refractivity (Wildman–Crippen MR) is 132 cm³/mol. The van der Waals surface area contributed by atoms with Gasteiger partial charge in [0.2, 0.25) is 0 Å². The first-order valence-electron chi connectivity index (χ1n) is 12.0. The van der Waals surface area contributed by atoms with Gasteiger partial charge in [0.1, 0.15) is 17.8 Å². The second kappa shape index (κ2) is 9.79. The van der Waals surface area contributed by atoms with Crippen LogP contribution < -0.4 is 15.5 Å². The van der Waals surface area contributed by atoms with Gasteiger partial charge in [-0.15, -0.1) is 0 Å². The number of aromatic amines is 1. The van der Waals surface area contributed by atoms with Crippen molar-refractivity contribution in [1.82, 2.24) is 25.2 Å². The van der Waals surface area contributed by atoms with Crippen molar-refractivity contribution in [3.63, 3.8) is 0 Å². The lowest BCUT2D eigenvalue weighted by atomic mass is 9.90. The number of nitrogens with one attached hydrogen (secondary N) is 3. The molecule has 2 aliphatic heterocycles. The number of urea groups is 1. The fourth-order valence-electron chi connectivity index (χ4n) is 5.10. The zero-order valence-corrected chi connectivity index (χ0v) is 19.3.